The van der Waals surface area contributed by atoms with Gasteiger partial charge in [-0.3, -0.25) is 9.69 Å². The number of nitrogens with zero attached hydrogens (tertiary/aromatic N) is 1. The Kier molecular flexibility index (Phi) is 5.98. The summed E-state index contributed by atoms with van der Waals surface area (Å²) in [5.41, 5.74) is 0.0253. The van der Waals surface area contributed by atoms with Gasteiger partial charge in [0.2, 0.25) is 0 Å². The van der Waals surface area contributed by atoms with Crippen LogP contribution in [0.15, 0.2) is 36.4 Å². The Labute approximate surface area is 154 Å². The summed E-state index contributed by atoms with van der Waals surface area (Å²) in [6, 6.07) is 6.85. The van der Waals surface area contributed by atoms with Crippen LogP contribution in [-0.2, 0) is 4.74 Å². The van der Waals surface area contributed by atoms with E-state index in [1.165, 1.54) is 12.1 Å². The molecular weight excluding hydrogens is 361 g/mol. The van der Waals surface area contributed by atoms with Crippen molar-refractivity contribution in [3.63, 3.8) is 0 Å². The first-order valence-electron chi connectivity index (χ1n) is 8.49. The highest BCUT2D eigenvalue weighted by Gasteiger charge is 2.25. The monoisotopic (exact) mass is 380 g/mol. The van der Waals surface area contributed by atoms with E-state index in [-0.39, 0.29) is 12.6 Å². The zero-order chi connectivity index (χ0) is 19.4. The molecule has 27 heavy (non-hydrogen) atoms. The van der Waals surface area contributed by atoms with Gasteiger partial charge >= 0.3 is 0 Å². The lowest BCUT2D eigenvalue weighted by molar-refractivity contribution is 0.0161. The Morgan fingerprint density at radius 1 is 1.15 bits per heavy atom. The molecule has 2 N–H and O–H groups in total. The molecule has 0 spiro atoms. The molecule has 0 saturated carbocycles. The van der Waals surface area contributed by atoms with E-state index in [0.29, 0.717) is 44.0 Å². The van der Waals surface area contributed by atoms with Gasteiger partial charge in [0.25, 0.3) is 5.91 Å². The van der Waals surface area contributed by atoms with Crippen molar-refractivity contribution in [1.82, 2.24) is 10.2 Å². The molecule has 0 aromatic heterocycles. The number of benzene rings is 2. The van der Waals surface area contributed by atoms with Gasteiger partial charge in [0.05, 0.1) is 19.3 Å². The number of halogens is 3. The number of phenols is 1. The van der Waals surface area contributed by atoms with Gasteiger partial charge < -0.3 is 15.2 Å². The maximum atomic E-state index is 13.9. The standard InChI is InChI=1S/C19H19F3N2O3/c20-13-3-1-2-12(8-13)16(24-4-6-27-7-5-24)11-23-19(26)18-15(22)9-14(21)10-17(18)25/h1-3,8-10,16,25H,4-7,11H2,(H,23,26). The lowest BCUT2D eigenvalue weighted by atomic mass is 10.0. The Bertz CT molecular complexity index is 803. The van der Waals surface area contributed by atoms with Crippen LogP contribution in [0.1, 0.15) is 22.0 Å². The summed E-state index contributed by atoms with van der Waals surface area (Å²) in [6.07, 6.45) is 0. The molecule has 1 amide bonds. The molecule has 3 rings (SSSR count). The molecule has 1 heterocycles. The van der Waals surface area contributed by atoms with Gasteiger partial charge in [0, 0.05) is 31.8 Å². The van der Waals surface area contributed by atoms with Gasteiger partial charge in [0.15, 0.2) is 0 Å². The minimum absolute atomic E-state index is 0.0541. The highest BCUT2D eigenvalue weighted by molar-refractivity contribution is 5.97. The van der Waals surface area contributed by atoms with E-state index < -0.39 is 34.7 Å². The van der Waals surface area contributed by atoms with Crippen molar-refractivity contribution in [2.24, 2.45) is 0 Å². The zero-order valence-corrected chi connectivity index (χ0v) is 14.4. The van der Waals surface area contributed by atoms with E-state index in [0.717, 1.165) is 0 Å². The smallest absolute Gasteiger partial charge is 0.258 e. The van der Waals surface area contributed by atoms with Crippen molar-refractivity contribution in [2.45, 2.75) is 6.04 Å². The number of amides is 1. The number of aromatic hydroxyl groups is 1. The molecule has 1 unspecified atom stereocenters. The minimum Gasteiger partial charge on any atom is -0.507 e. The van der Waals surface area contributed by atoms with Crippen LogP contribution in [-0.4, -0.2) is 48.8 Å². The zero-order valence-electron chi connectivity index (χ0n) is 14.4. The molecule has 144 valence electrons. The van der Waals surface area contributed by atoms with E-state index in [1.54, 1.807) is 12.1 Å². The fourth-order valence-electron chi connectivity index (χ4n) is 3.12. The summed E-state index contributed by atoms with van der Waals surface area (Å²) < 4.78 is 46.0. The summed E-state index contributed by atoms with van der Waals surface area (Å²) in [6.45, 7) is 2.25. The quantitative estimate of drug-likeness (QED) is 0.837. The van der Waals surface area contributed by atoms with Crippen LogP contribution in [0.5, 0.6) is 5.75 Å². The maximum Gasteiger partial charge on any atom is 0.258 e. The predicted octanol–water partition coefficient (Wildman–Crippen LogP) is 2.61. The first-order chi connectivity index (χ1) is 13.0. The van der Waals surface area contributed by atoms with E-state index >= 15 is 0 Å². The fraction of sp³-hybridized carbons (Fsp3) is 0.316. The van der Waals surface area contributed by atoms with Crippen molar-refractivity contribution in [3.8, 4) is 5.75 Å². The summed E-state index contributed by atoms with van der Waals surface area (Å²) in [7, 11) is 0. The first kappa shape index (κ1) is 19.2. The number of hydrogen-bond donors (Lipinski definition) is 2. The molecule has 1 saturated heterocycles. The number of rotatable bonds is 5. The molecule has 0 bridgehead atoms. The van der Waals surface area contributed by atoms with Crippen molar-refractivity contribution >= 4 is 5.91 Å². The first-order valence-corrected chi connectivity index (χ1v) is 8.49. The van der Waals surface area contributed by atoms with Crippen LogP contribution in [0.3, 0.4) is 0 Å². The fourth-order valence-corrected chi connectivity index (χ4v) is 3.12. The van der Waals surface area contributed by atoms with Gasteiger partial charge in [-0.1, -0.05) is 12.1 Å². The number of ether oxygens (including phenoxy) is 1. The molecule has 8 heteroatoms. The highest BCUT2D eigenvalue weighted by atomic mass is 19.1. The Morgan fingerprint density at radius 3 is 2.56 bits per heavy atom. The van der Waals surface area contributed by atoms with Gasteiger partial charge in [-0.15, -0.1) is 0 Å². The summed E-state index contributed by atoms with van der Waals surface area (Å²) >= 11 is 0. The second-order valence-corrected chi connectivity index (χ2v) is 6.21. The van der Waals surface area contributed by atoms with Gasteiger partial charge in [0.1, 0.15) is 28.8 Å². The topological polar surface area (TPSA) is 61.8 Å². The summed E-state index contributed by atoms with van der Waals surface area (Å²) in [4.78, 5) is 14.4. The van der Waals surface area contributed by atoms with Gasteiger partial charge in [-0.05, 0) is 17.7 Å². The van der Waals surface area contributed by atoms with Crippen molar-refractivity contribution < 1.29 is 27.8 Å². The normalized spacial score (nSPS) is 16.1. The molecule has 1 fully saturated rings. The Hall–Kier alpha value is -2.58. The van der Waals surface area contributed by atoms with E-state index in [2.05, 4.69) is 5.32 Å². The van der Waals surface area contributed by atoms with Crippen LogP contribution in [0, 0.1) is 17.5 Å². The number of carbonyl (C=O) groups excluding carboxylic acids is 1. The number of hydrogen-bond acceptors (Lipinski definition) is 4. The van der Waals surface area contributed by atoms with E-state index in [1.807, 2.05) is 4.90 Å². The van der Waals surface area contributed by atoms with Crippen LogP contribution < -0.4 is 5.32 Å². The molecule has 2 aromatic rings. The number of morpholine rings is 1. The van der Waals surface area contributed by atoms with Crippen molar-refractivity contribution in [1.29, 1.82) is 0 Å². The minimum atomic E-state index is -1.15. The SMILES string of the molecule is O=C(NCC(c1cccc(F)c1)N1CCOCC1)c1c(O)cc(F)cc1F. The van der Waals surface area contributed by atoms with Gasteiger partial charge in [-0.25, -0.2) is 13.2 Å². The number of phenolic OH excluding ortho intramolecular Hbond substituents is 1. The third-order valence-electron chi connectivity index (χ3n) is 4.44. The molecule has 1 atom stereocenters. The lowest BCUT2D eigenvalue weighted by Crippen LogP contribution is -2.44. The third kappa shape index (κ3) is 4.58. The third-order valence-corrected chi connectivity index (χ3v) is 4.44. The summed E-state index contributed by atoms with van der Waals surface area (Å²) in [5.74, 6) is -4.19. The molecular formula is C19H19F3N2O3. The maximum absolute atomic E-state index is 13.9. The van der Waals surface area contributed by atoms with Gasteiger partial charge in [-0.2, -0.15) is 0 Å². The van der Waals surface area contributed by atoms with Crippen LogP contribution in [0.2, 0.25) is 0 Å². The second kappa shape index (κ2) is 8.41. The largest absolute Gasteiger partial charge is 0.507 e. The lowest BCUT2D eigenvalue weighted by Gasteiger charge is -2.35. The average Bonchev–Trinajstić information content (AvgIpc) is 2.62. The number of carbonyl (C=O) groups is 1. The highest BCUT2D eigenvalue weighted by Crippen LogP contribution is 2.24. The molecule has 5 nitrogen and oxygen atoms in total. The molecule has 0 radical (unpaired) electrons. The molecule has 1 aliphatic heterocycles. The Morgan fingerprint density at radius 2 is 1.89 bits per heavy atom. The average molecular weight is 380 g/mol. The molecule has 2 aromatic carbocycles. The van der Waals surface area contributed by atoms with E-state index in [4.69, 9.17) is 4.74 Å². The molecule has 1 aliphatic rings. The predicted molar refractivity (Wildman–Crippen MR) is 91.9 cm³/mol. The Balaban J connectivity index is 1.79. The summed E-state index contributed by atoms with van der Waals surface area (Å²) in [5, 5.41) is 12.2. The van der Waals surface area contributed by atoms with E-state index in [9.17, 15) is 23.1 Å². The van der Waals surface area contributed by atoms with Crippen molar-refractivity contribution in [2.75, 3.05) is 32.8 Å². The van der Waals surface area contributed by atoms with Crippen LogP contribution in [0.25, 0.3) is 0 Å². The molecule has 0 aliphatic carbocycles. The van der Waals surface area contributed by atoms with Crippen molar-refractivity contribution in [3.05, 3.63) is 65.0 Å². The second-order valence-electron chi connectivity index (χ2n) is 6.21. The van der Waals surface area contributed by atoms with Crippen LogP contribution >= 0.6 is 0 Å². The number of nitrogens with one attached hydrogen (secondary N) is 1. The van der Waals surface area contributed by atoms with Crippen LogP contribution in [0.4, 0.5) is 13.2 Å².